The quantitative estimate of drug-likeness (QED) is 0.306. The van der Waals surface area contributed by atoms with Gasteiger partial charge in [0.05, 0.1) is 36.2 Å². The van der Waals surface area contributed by atoms with Gasteiger partial charge < -0.3 is 15.4 Å². The maximum absolute atomic E-state index is 9.68. The number of hydrogen-bond donors (Lipinski definition) is 1. The lowest BCUT2D eigenvalue weighted by molar-refractivity contribution is 0.296. The monoisotopic (exact) mass is 534 g/mol. The van der Waals surface area contributed by atoms with Crippen LogP contribution in [0.1, 0.15) is 29.5 Å². The highest BCUT2D eigenvalue weighted by atomic mass is 31.1. The summed E-state index contributed by atoms with van der Waals surface area (Å²) in [5.41, 5.74) is 11.0. The maximum atomic E-state index is 9.68. The van der Waals surface area contributed by atoms with Crippen molar-refractivity contribution in [3.63, 3.8) is 0 Å². The molecule has 0 spiro atoms. The van der Waals surface area contributed by atoms with Crippen LogP contribution in [0.5, 0.6) is 5.88 Å². The highest BCUT2D eigenvalue weighted by Crippen LogP contribution is 2.57. The number of nitrogens with two attached hydrogens (primary N) is 1. The number of methoxy groups -OCH3 is 1. The Hall–Kier alpha value is -4.01. The smallest absolute Gasteiger partial charge is 0.212 e. The van der Waals surface area contributed by atoms with E-state index in [0.717, 1.165) is 60.2 Å². The first kappa shape index (κ1) is 24.1. The molecule has 194 valence electrons. The molecular formula is C29H27N8OP. The number of nitrogens with zero attached hydrogens (tertiary/aromatic N) is 7. The SMILES string of the molecule is COc1ccc(CN2C3CN(c4ccc(-c5cc(C#CC6(N)CC6)cn6ncc(C#N)c56)cn4)CP2C3)cn1. The zero-order valence-corrected chi connectivity index (χ0v) is 22.5. The molecule has 0 amide bonds. The number of ether oxygens (including phenoxy) is 1. The molecule has 4 fully saturated rings. The molecule has 39 heavy (non-hydrogen) atoms. The predicted molar refractivity (Wildman–Crippen MR) is 150 cm³/mol. The van der Waals surface area contributed by atoms with E-state index in [1.54, 1.807) is 17.8 Å². The summed E-state index contributed by atoms with van der Waals surface area (Å²) in [5, 5.41) is 14.1. The predicted octanol–water partition coefficient (Wildman–Crippen LogP) is 3.57. The highest BCUT2D eigenvalue weighted by molar-refractivity contribution is 7.57. The second kappa shape index (κ2) is 9.32. The van der Waals surface area contributed by atoms with Crippen LogP contribution >= 0.6 is 8.07 Å². The third-order valence-electron chi connectivity index (χ3n) is 7.68. The number of anilines is 1. The van der Waals surface area contributed by atoms with Crippen LogP contribution < -0.4 is 15.4 Å². The van der Waals surface area contributed by atoms with Crippen molar-refractivity contribution in [2.45, 2.75) is 31.0 Å². The summed E-state index contributed by atoms with van der Waals surface area (Å²) in [4.78, 5) is 11.6. The minimum absolute atomic E-state index is 0.211. The fourth-order valence-corrected chi connectivity index (χ4v) is 7.90. The molecule has 7 heterocycles. The van der Waals surface area contributed by atoms with E-state index in [-0.39, 0.29) is 13.6 Å². The molecule has 3 saturated heterocycles. The summed E-state index contributed by atoms with van der Waals surface area (Å²) in [6.45, 7) is 1.90. The molecule has 2 bridgehead atoms. The van der Waals surface area contributed by atoms with Crippen molar-refractivity contribution in [1.29, 1.82) is 5.26 Å². The number of rotatable bonds is 5. The van der Waals surface area contributed by atoms with E-state index in [2.05, 4.69) is 55.8 Å². The minimum Gasteiger partial charge on any atom is -0.481 e. The summed E-state index contributed by atoms with van der Waals surface area (Å²) in [7, 11) is 1.43. The second-order valence-corrected chi connectivity index (χ2v) is 12.6. The normalized spacial score (nSPS) is 21.0. The van der Waals surface area contributed by atoms with Crippen LogP contribution in [0.15, 0.2) is 55.1 Å². The minimum atomic E-state index is -0.363. The van der Waals surface area contributed by atoms with Crippen molar-refractivity contribution in [1.82, 2.24) is 24.3 Å². The summed E-state index contributed by atoms with van der Waals surface area (Å²) < 4.78 is 9.54. The standard InChI is InChI=1S/C29H27N8OP/c1-38-27-5-2-21(12-33-27)16-37-24-17-35(19-39(37)18-24)26-4-3-22(13-32-26)25-10-20(6-7-29(31)8-9-29)15-36-28(25)23(11-30)14-34-36/h2-5,10,12-15,24H,8-9,16-19,31H2,1H3. The summed E-state index contributed by atoms with van der Waals surface area (Å²) in [6.07, 6.45) is 11.4. The van der Waals surface area contributed by atoms with Crippen molar-refractivity contribution >= 4 is 19.4 Å². The van der Waals surface area contributed by atoms with Crippen LogP contribution in [0.2, 0.25) is 0 Å². The number of pyridine rings is 3. The molecule has 9 nitrogen and oxygen atoms in total. The molecule has 2 unspecified atom stereocenters. The molecule has 10 heteroatoms. The van der Waals surface area contributed by atoms with Crippen molar-refractivity contribution in [3.05, 3.63) is 71.8 Å². The Labute approximate surface area is 228 Å². The van der Waals surface area contributed by atoms with Gasteiger partial charge in [0.2, 0.25) is 5.88 Å². The van der Waals surface area contributed by atoms with Crippen LogP contribution in [0.3, 0.4) is 0 Å². The van der Waals surface area contributed by atoms with Gasteiger partial charge in [-0.05, 0) is 44.7 Å². The molecule has 3 aliphatic heterocycles. The second-order valence-electron chi connectivity index (χ2n) is 10.4. The first-order chi connectivity index (χ1) is 19.0. The number of hydrogen-bond acceptors (Lipinski definition) is 8. The number of fused-ring (bicyclic) bond motifs is 3. The molecule has 2 N–H and O–H groups in total. The Balaban J connectivity index is 1.11. The van der Waals surface area contributed by atoms with E-state index in [1.165, 1.54) is 11.7 Å². The molecule has 4 aromatic heterocycles. The molecule has 1 aliphatic carbocycles. The van der Waals surface area contributed by atoms with Gasteiger partial charge >= 0.3 is 0 Å². The van der Waals surface area contributed by atoms with Crippen LogP contribution in [-0.4, -0.2) is 61.9 Å². The van der Waals surface area contributed by atoms with Gasteiger partial charge in [-0.15, -0.1) is 0 Å². The summed E-state index contributed by atoms with van der Waals surface area (Å²) in [5.74, 6) is 8.04. The van der Waals surface area contributed by atoms with Gasteiger partial charge in [-0.1, -0.05) is 17.9 Å². The molecule has 8 rings (SSSR count). The molecule has 1 saturated carbocycles. The molecule has 0 aromatic carbocycles. The fourth-order valence-electron chi connectivity index (χ4n) is 5.27. The van der Waals surface area contributed by atoms with Crippen molar-refractivity contribution in [2.24, 2.45) is 5.73 Å². The van der Waals surface area contributed by atoms with Crippen LogP contribution in [0.4, 0.5) is 5.82 Å². The third kappa shape index (κ3) is 4.49. The van der Waals surface area contributed by atoms with Crippen molar-refractivity contribution in [2.75, 3.05) is 31.0 Å². The van der Waals surface area contributed by atoms with E-state index in [9.17, 15) is 5.26 Å². The first-order valence-corrected chi connectivity index (χ1v) is 14.6. The number of aromatic nitrogens is 4. The van der Waals surface area contributed by atoms with E-state index < -0.39 is 0 Å². The Morgan fingerprint density at radius 2 is 2.08 bits per heavy atom. The lowest BCUT2D eigenvalue weighted by Gasteiger charge is -2.56. The van der Waals surface area contributed by atoms with Gasteiger partial charge in [-0.2, -0.15) is 10.4 Å². The highest BCUT2D eigenvalue weighted by Gasteiger charge is 2.44. The maximum Gasteiger partial charge on any atom is 0.212 e. The van der Waals surface area contributed by atoms with Gasteiger partial charge in [0, 0.05) is 66.6 Å². The Morgan fingerprint density at radius 1 is 1.18 bits per heavy atom. The molecular weight excluding hydrogens is 507 g/mol. The molecule has 4 aliphatic rings. The van der Waals surface area contributed by atoms with Crippen LogP contribution in [0, 0.1) is 23.2 Å². The van der Waals surface area contributed by atoms with Crippen LogP contribution in [0.25, 0.3) is 16.6 Å². The van der Waals surface area contributed by atoms with E-state index in [1.807, 2.05) is 30.7 Å². The molecule has 0 radical (unpaired) electrons. The molecule has 4 aromatic rings. The Bertz CT molecular complexity index is 1650. The van der Waals surface area contributed by atoms with Crippen LogP contribution in [-0.2, 0) is 6.54 Å². The van der Waals surface area contributed by atoms with Gasteiger partial charge in [-0.3, -0.25) is 4.67 Å². The van der Waals surface area contributed by atoms with Crippen molar-refractivity contribution < 1.29 is 4.74 Å². The molecule has 2 atom stereocenters. The van der Waals surface area contributed by atoms with Gasteiger partial charge in [0.1, 0.15) is 11.9 Å². The zero-order valence-electron chi connectivity index (χ0n) is 21.6. The summed E-state index contributed by atoms with van der Waals surface area (Å²) >= 11 is 0. The Kier molecular flexibility index (Phi) is 5.75. The van der Waals surface area contributed by atoms with Gasteiger partial charge in [-0.25, -0.2) is 14.5 Å². The zero-order chi connectivity index (χ0) is 26.6. The number of nitriles is 1. The van der Waals surface area contributed by atoms with Crippen molar-refractivity contribution in [3.8, 4) is 34.9 Å². The van der Waals surface area contributed by atoms with E-state index in [0.29, 0.717) is 17.5 Å². The first-order valence-electron chi connectivity index (χ1n) is 13.0. The third-order valence-corrected chi connectivity index (χ3v) is 10.4. The van der Waals surface area contributed by atoms with Gasteiger partial charge in [0.25, 0.3) is 0 Å². The van der Waals surface area contributed by atoms with E-state index in [4.69, 9.17) is 15.5 Å². The lowest BCUT2D eigenvalue weighted by atomic mass is 10.0. The Morgan fingerprint density at radius 3 is 2.74 bits per heavy atom. The largest absolute Gasteiger partial charge is 0.481 e. The topological polar surface area (TPSA) is 109 Å². The average molecular weight is 535 g/mol. The van der Waals surface area contributed by atoms with Gasteiger partial charge in [0.15, 0.2) is 0 Å². The fraction of sp³-hybridized carbons (Fsp3) is 0.310. The summed E-state index contributed by atoms with van der Waals surface area (Å²) in [6, 6.07) is 13.0. The average Bonchev–Trinajstić information content (AvgIpc) is 3.58. The van der Waals surface area contributed by atoms with E-state index >= 15 is 0 Å². The lowest BCUT2D eigenvalue weighted by Crippen LogP contribution is -2.58.